The van der Waals surface area contributed by atoms with E-state index in [4.69, 9.17) is 0 Å². The Morgan fingerprint density at radius 3 is 2.54 bits per heavy atom. The zero-order valence-corrected chi connectivity index (χ0v) is 14.7. The van der Waals surface area contributed by atoms with E-state index in [1.54, 1.807) is 34.3 Å². The molecule has 1 fully saturated rings. The Balaban J connectivity index is 2.08. The van der Waals surface area contributed by atoms with Crippen LogP contribution < -0.4 is 4.90 Å². The van der Waals surface area contributed by atoms with Crippen LogP contribution in [0, 0.1) is 0 Å². The van der Waals surface area contributed by atoms with Gasteiger partial charge in [-0.15, -0.1) is 6.58 Å². The quantitative estimate of drug-likeness (QED) is 0.556. The van der Waals surface area contributed by atoms with E-state index in [1.165, 1.54) is 6.08 Å². The van der Waals surface area contributed by atoms with E-state index < -0.39 is 9.84 Å². The van der Waals surface area contributed by atoms with E-state index >= 15 is 0 Å². The molecule has 1 atom stereocenters. The second-order valence-corrected chi connectivity index (χ2v) is 8.11. The molecule has 0 N–H and O–H groups in total. The zero-order valence-electron chi connectivity index (χ0n) is 13.9. The maximum Gasteiger partial charge on any atom is 0.247 e. The van der Waals surface area contributed by atoms with Crippen molar-refractivity contribution in [1.82, 2.24) is 14.9 Å². The van der Waals surface area contributed by atoms with Gasteiger partial charge in [-0.2, -0.15) is 0 Å². The number of sulfone groups is 1. The van der Waals surface area contributed by atoms with Crippen LogP contribution in [0.2, 0.25) is 0 Å². The lowest BCUT2D eigenvalue weighted by atomic mass is 10.2. The predicted molar refractivity (Wildman–Crippen MR) is 94.4 cm³/mol. The van der Waals surface area contributed by atoms with Crippen molar-refractivity contribution in [1.29, 1.82) is 0 Å². The molecule has 2 rings (SSSR count). The number of nitrogens with zero attached hydrogens (tertiary/aromatic N) is 4. The van der Waals surface area contributed by atoms with Gasteiger partial charge in [0.1, 0.15) is 0 Å². The lowest BCUT2D eigenvalue weighted by Crippen LogP contribution is -2.40. The highest BCUT2D eigenvalue weighted by atomic mass is 32.2. The van der Waals surface area contributed by atoms with E-state index in [-0.39, 0.29) is 23.5 Å². The van der Waals surface area contributed by atoms with Crippen molar-refractivity contribution < 1.29 is 13.2 Å². The average molecular weight is 350 g/mol. The first-order chi connectivity index (χ1) is 11.3. The Labute approximate surface area is 142 Å². The molecule has 1 amide bonds. The summed E-state index contributed by atoms with van der Waals surface area (Å²) in [6, 6.07) is -0.294. The van der Waals surface area contributed by atoms with Crippen molar-refractivity contribution >= 4 is 27.8 Å². The molecule has 130 valence electrons. The Morgan fingerprint density at radius 1 is 1.38 bits per heavy atom. The van der Waals surface area contributed by atoms with Gasteiger partial charge in [-0.25, -0.2) is 18.4 Å². The number of anilines is 1. The summed E-state index contributed by atoms with van der Waals surface area (Å²) in [5, 5.41) is 0. The zero-order chi connectivity index (χ0) is 17.7. The summed E-state index contributed by atoms with van der Waals surface area (Å²) in [7, 11) is 0.640. The molecule has 1 aromatic rings. The van der Waals surface area contributed by atoms with E-state index in [0.717, 1.165) is 0 Å². The number of amides is 1. The van der Waals surface area contributed by atoms with Gasteiger partial charge in [0.2, 0.25) is 11.9 Å². The minimum atomic E-state index is -3.05. The van der Waals surface area contributed by atoms with E-state index in [1.807, 2.05) is 14.1 Å². The minimum absolute atomic E-state index is 0.0149. The fourth-order valence-electron chi connectivity index (χ4n) is 2.49. The molecule has 0 aliphatic carbocycles. The molecule has 1 aliphatic heterocycles. The fourth-order valence-corrected chi connectivity index (χ4v) is 4.22. The van der Waals surface area contributed by atoms with Crippen LogP contribution in [0.4, 0.5) is 5.95 Å². The van der Waals surface area contributed by atoms with Gasteiger partial charge in [-0.3, -0.25) is 4.79 Å². The summed E-state index contributed by atoms with van der Waals surface area (Å²) in [4.78, 5) is 24.1. The van der Waals surface area contributed by atoms with E-state index in [0.29, 0.717) is 24.5 Å². The molecule has 24 heavy (non-hydrogen) atoms. The van der Waals surface area contributed by atoms with Crippen molar-refractivity contribution in [2.24, 2.45) is 0 Å². The minimum Gasteiger partial charge on any atom is -0.347 e. The number of carbonyl (C=O) groups excluding carboxylic acids is 1. The summed E-state index contributed by atoms with van der Waals surface area (Å²) in [5.41, 5.74) is 0.701. The van der Waals surface area contributed by atoms with Crippen molar-refractivity contribution in [3.63, 3.8) is 0 Å². The number of aromatic nitrogens is 2. The Bertz CT molecular complexity index is 726. The average Bonchev–Trinajstić information content (AvgIpc) is 2.90. The molecule has 7 nitrogen and oxygen atoms in total. The smallest absolute Gasteiger partial charge is 0.247 e. The molecule has 0 saturated carbocycles. The molecular weight excluding hydrogens is 328 g/mol. The SMILES string of the molecule is C=CCN(C(=O)C=Cc1cnc(N(C)C)nc1)C1CCS(=O)(=O)C1. The number of rotatable bonds is 6. The largest absolute Gasteiger partial charge is 0.347 e. The van der Waals surface area contributed by atoms with Crippen LogP contribution in [0.1, 0.15) is 12.0 Å². The fraction of sp³-hybridized carbons (Fsp3) is 0.438. The monoisotopic (exact) mass is 350 g/mol. The molecule has 0 spiro atoms. The lowest BCUT2D eigenvalue weighted by molar-refractivity contribution is -0.127. The second kappa shape index (κ2) is 7.57. The van der Waals surface area contributed by atoms with E-state index in [9.17, 15) is 13.2 Å². The molecule has 2 heterocycles. The summed E-state index contributed by atoms with van der Waals surface area (Å²) >= 11 is 0. The Hall–Kier alpha value is -2.22. The van der Waals surface area contributed by atoms with Crippen LogP contribution in [-0.2, 0) is 14.6 Å². The Kier molecular flexibility index (Phi) is 5.71. The molecule has 1 aliphatic rings. The van der Waals surface area contributed by atoms with Crippen LogP contribution in [0.3, 0.4) is 0 Å². The first kappa shape index (κ1) is 18.1. The third kappa shape index (κ3) is 4.64. The number of carbonyl (C=O) groups is 1. The normalized spacial score (nSPS) is 19.3. The molecule has 1 aromatic heterocycles. The molecule has 8 heteroatoms. The second-order valence-electron chi connectivity index (χ2n) is 5.88. The van der Waals surface area contributed by atoms with Gasteiger partial charge in [-0.1, -0.05) is 6.08 Å². The van der Waals surface area contributed by atoms with Crippen molar-refractivity contribution in [2.45, 2.75) is 12.5 Å². The highest BCUT2D eigenvalue weighted by Gasteiger charge is 2.33. The molecule has 1 saturated heterocycles. The van der Waals surface area contributed by atoms with Crippen LogP contribution in [-0.4, -0.2) is 67.4 Å². The van der Waals surface area contributed by atoms with Gasteiger partial charge in [0.25, 0.3) is 0 Å². The Morgan fingerprint density at radius 2 is 2.04 bits per heavy atom. The lowest BCUT2D eigenvalue weighted by Gasteiger charge is -2.25. The number of hydrogen-bond acceptors (Lipinski definition) is 6. The highest BCUT2D eigenvalue weighted by Crippen LogP contribution is 2.18. The van der Waals surface area contributed by atoms with Gasteiger partial charge < -0.3 is 9.80 Å². The highest BCUT2D eigenvalue weighted by molar-refractivity contribution is 7.91. The summed E-state index contributed by atoms with van der Waals surface area (Å²) in [5.74, 6) is 0.486. The van der Waals surface area contributed by atoms with Crippen LogP contribution in [0.5, 0.6) is 0 Å². The predicted octanol–water partition coefficient (Wildman–Crippen LogP) is 0.758. The number of hydrogen-bond donors (Lipinski definition) is 0. The van der Waals surface area contributed by atoms with Gasteiger partial charge in [0, 0.05) is 50.7 Å². The van der Waals surface area contributed by atoms with Gasteiger partial charge in [0.05, 0.1) is 11.5 Å². The van der Waals surface area contributed by atoms with Crippen molar-refractivity contribution in [3.8, 4) is 0 Å². The molecule has 0 radical (unpaired) electrons. The van der Waals surface area contributed by atoms with Gasteiger partial charge in [-0.05, 0) is 12.5 Å². The third-order valence-corrected chi connectivity index (χ3v) is 5.48. The maximum atomic E-state index is 12.4. The first-order valence-corrected chi connectivity index (χ1v) is 9.44. The van der Waals surface area contributed by atoms with Crippen molar-refractivity contribution in [2.75, 3.05) is 37.0 Å². The first-order valence-electron chi connectivity index (χ1n) is 7.62. The van der Waals surface area contributed by atoms with Crippen LogP contribution >= 0.6 is 0 Å². The van der Waals surface area contributed by atoms with Gasteiger partial charge >= 0.3 is 0 Å². The van der Waals surface area contributed by atoms with E-state index in [2.05, 4.69) is 16.5 Å². The van der Waals surface area contributed by atoms with Crippen LogP contribution in [0.25, 0.3) is 6.08 Å². The van der Waals surface area contributed by atoms with Gasteiger partial charge in [0.15, 0.2) is 9.84 Å². The maximum absolute atomic E-state index is 12.4. The summed E-state index contributed by atoms with van der Waals surface area (Å²) < 4.78 is 23.3. The third-order valence-electron chi connectivity index (χ3n) is 3.73. The topological polar surface area (TPSA) is 83.5 Å². The van der Waals surface area contributed by atoms with Crippen LogP contribution in [0.15, 0.2) is 31.1 Å². The molecule has 1 unspecified atom stereocenters. The summed E-state index contributed by atoms with van der Waals surface area (Å²) in [6.07, 6.45) is 8.37. The standard InChI is InChI=1S/C16H22N4O3S/c1-4-8-20(14-7-9-24(22,23)12-14)15(21)6-5-13-10-17-16(18-11-13)19(2)3/h4-6,10-11,14H,1,7-9,12H2,2-3H3. The molecular formula is C16H22N4O3S. The molecule has 0 bridgehead atoms. The molecule has 0 aromatic carbocycles. The summed E-state index contributed by atoms with van der Waals surface area (Å²) in [6.45, 7) is 3.96. The van der Waals surface area contributed by atoms with Crippen molar-refractivity contribution in [3.05, 3.63) is 36.7 Å².